The minimum Gasteiger partial charge on any atom is -0.471 e. The molecule has 0 spiro atoms. The number of ether oxygens (including phenoxy) is 1. The number of carbonyl (C=O) groups is 1. The van der Waals surface area contributed by atoms with E-state index in [9.17, 15) is 4.79 Å². The number of furan rings is 1. The van der Waals surface area contributed by atoms with Crippen molar-refractivity contribution in [3.63, 3.8) is 0 Å². The van der Waals surface area contributed by atoms with E-state index in [1.165, 1.54) is 11.0 Å². The molecule has 0 aliphatic carbocycles. The van der Waals surface area contributed by atoms with Crippen LogP contribution in [0.15, 0.2) is 71.4 Å². The van der Waals surface area contributed by atoms with E-state index in [0.29, 0.717) is 17.7 Å². The van der Waals surface area contributed by atoms with Crippen LogP contribution in [-0.4, -0.2) is 26.0 Å². The van der Waals surface area contributed by atoms with Gasteiger partial charge < -0.3 is 9.15 Å². The van der Waals surface area contributed by atoms with E-state index in [4.69, 9.17) is 9.15 Å². The third-order valence-electron chi connectivity index (χ3n) is 5.46. The molecule has 0 aliphatic rings. The van der Waals surface area contributed by atoms with Gasteiger partial charge in [0.15, 0.2) is 12.5 Å². The van der Waals surface area contributed by atoms with E-state index in [1.54, 1.807) is 0 Å². The molecule has 0 atom stereocenters. The molecular weight excluding hydrogens is 404 g/mol. The Labute approximate surface area is 184 Å². The van der Waals surface area contributed by atoms with Crippen molar-refractivity contribution in [1.29, 1.82) is 0 Å². The lowest BCUT2D eigenvalue weighted by atomic mass is 9.97. The zero-order chi connectivity index (χ0) is 21.9. The normalized spacial score (nSPS) is 11.3. The number of hydrogen-bond acceptors (Lipinski definition) is 6. The molecule has 5 rings (SSSR count). The molecule has 0 aliphatic heterocycles. The molecule has 0 unspecified atom stereocenters. The summed E-state index contributed by atoms with van der Waals surface area (Å²) in [5.41, 5.74) is 2.29. The number of para-hydroxylation sites is 1. The van der Waals surface area contributed by atoms with E-state index in [1.807, 2.05) is 54.6 Å². The van der Waals surface area contributed by atoms with Crippen molar-refractivity contribution >= 4 is 27.5 Å². The Morgan fingerprint density at radius 1 is 1.06 bits per heavy atom. The first-order chi connectivity index (χ1) is 15.7. The maximum atomic E-state index is 13.1. The SMILES string of the molecule is CCCCC(=O)c1c(-c2ccc3cc(OCn4cnnn4)ccc3c2)oc2ccccc12. The highest BCUT2D eigenvalue weighted by Gasteiger charge is 2.21. The van der Waals surface area contributed by atoms with Crippen LogP contribution in [0.3, 0.4) is 0 Å². The van der Waals surface area contributed by atoms with Crippen LogP contribution >= 0.6 is 0 Å². The lowest BCUT2D eigenvalue weighted by molar-refractivity contribution is 0.0981. The summed E-state index contributed by atoms with van der Waals surface area (Å²) in [6, 6.07) is 19.6. The summed E-state index contributed by atoms with van der Waals surface area (Å²) in [6.45, 7) is 2.32. The molecular formula is C25H22N4O3. The van der Waals surface area contributed by atoms with Gasteiger partial charge in [-0.2, -0.15) is 4.68 Å². The van der Waals surface area contributed by atoms with Crippen molar-refractivity contribution in [2.75, 3.05) is 0 Å². The molecule has 5 aromatic rings. The van der Waals surface area contributed by atoms with Gasteiger partial charge in [-0.25, -0.2) is 0 Å². The molecule has 0 saturated carbocycles. The third-order valence-corrected chi connectivity index (χ3v) is 5.46. The smallest absolute Gasteiger partial charge is 0.184 e. The number of rotatable bonds is 8. The van der Waals surface area contributed by atoms with Crippen molar-refractivity contribution in [2.45, 2.75) is 32.9 Å². The number of carbonyl (C=O) groups excluding carboxylic acids is 1. The third kappa shape index (κ3) is 3.85. The van der Waals surface area contributed by atoms with E-state index < -0.39 is 0 Å². The van der Waals surface area contributed by atoms with Crippen molar-refractivity contribution in [3.05, 3.63) is 72.6 Å². The fourth-order valence-corrected chi connectivity index (χ4v) is 3.82. The summed E-state index contributed by atoms with van der Waals surface area (Å²) in [6.07, 6.45) is 3.86. The van der Waals surface area contributed by atoms with Crippen molar-refractivity contribution in [1.82, 2.24) is 20.2 Å². The number of benzene rings is 3. The van der Waals surface area contributed by atoms with Gasteiger partial charge in [0.05, 0.1) is 5.56 Å². The Hall–Kier alpha value is -4.00. The number of nitrogens with zero attached hydrogens (tertiary/aromatic N) is 4. The second kappa shape index (κ2) is 8.63. The molecule has 2 aromatic heterocycles. The van der Waals surface area contributed by atoms with Crippen LogP contribution in [0.25, 0.3) is 33.1 Å². The molecule has 7 nitrogen and oxygen atoms in total. The summed E-state index contributed by atoms with van der Waals surface area (Å²) >= 11 is 0. The Morgan fingerprint density at radius 3 is 2.75 bits per heavy atom. The van der Waals surface area contributed by atoms with Crippen LogP contribution in [0.2, 0.25) is 0 Å². The number of tetrazole rings is 1. The summed E-state index contributed by atoms with van der Waals surface area (Å²) < 4.78 is 13.4. The molecule has 160 valence electrons. The second-order valence-electron chi connectivity index (χ2n) is 7.68. The number of hydrogen-bond donors (Lipinski definition) is 0. The average molecular weight is 426 g/mol. The zero-order valence-corrected chi connectivity index (χ0v) is 17.7. The molecule has 0 bridgehead atoms. The molecule has 2 heterocycles. The van der Waals surface area contributed by atoms with Gasteiger partial charge in [0.2, 0.25) is 0 Å². The highest BCUT2D eigenvalue weighted by atomic mass is 16.5. The maximum absolute atomic E-state index is 13.1. The lowest BCUT2D eigenvalue weighted by Crippen LogP contribution is -2.05. The maximum Gasteiger partial charge on any atom is 0.184 e. The molecule has 0 N–H and O–H groups in total. The molecule has 0 saturated heterocycles. The van der Waals surface area contributed by atoms with Gasteiger partial charge in [-0.15, -0.1) is 5.10 Å². The minimum atomic E-state index is 0.123. The fraction of sp³-hybridized carbons (Fsp3) is 0.200. The van der Waals surface area contributed by atoms with Crippen molar-refractivity contribution < 1.29 is 13.9 Å². The predicted molar refractivity (Wildman–Crippen MR) is 121 cm³/mol. The standard InChI is InChI=1S/C25H22N4O3/c1-2-3-7-22(30)24-21-6-4-5-8-23(21)32-25(24)19-10-9-18-14-20(12-11-17(18)13-19)31-16-29-15-26-27-28-29/h4-6,8-15H,2-3,7,16H2,1H3. The van der Waals surface area contributed by atoms with Crippen molar-refractivity contribution in [2.24, 2.45) is 0 Å². The van der Waals surface area contributed by atoms with Gasteiger partial charge >= 0.3 is 0 Å². The van der Waals surface area contributed by atoms with Crippen LogP contribution < -0.4 is 4.74 Å². The molecule has 0 radical (unpaired) electrons. The van der Waals surface area contributed by atoms with Crippen LogP contribution in [0.5, 0.6) is 5.75 Å². The number of ketones is 1. The highest BCUT2D eigenvalue weighted by molar-refractivity contribution is 6.12. The molecule has 7 heteroatoms. The first-order valence-corrected chi connectivity index (χ1v) is 10.7. The Kier molecular flexibility index (Phi) is 5.37. The summed E-state index contributed by atoms with van der Waals surface area (Å²) in [7, 11) is 0. The van der Waals surface area contributed by atoms with Gasteiger partial charge in [0.1, 0.15) is 23.4 Å². The lowest BCUT2D eigenvalue weighted by Gasteiger charge is -2.08. The second-order valence-corrected chi connectivity index (χ2v) is 7.68. The quantitative estimate of drug-likeness (QED) is 0.298. The molecule has 3 aromatic carbocycles. The van der Waals surface area contributed by atoms with Crippen LogP contribution in [0, 0.1) is 0 Å². The molecule has 0 fully saturated rings. The van der Waals surface area contributed by atoms with Crippen LogP contribution in [0.4, 0.5) is 0 Å². The minimum absolute atomic E-state index is 0.123. The Bertz CT molecular complexity index is 1390. The number of Topliss-reactive ketones (excluding diaryl/α,β-unsaturated/α-hetero) is 1. The van der Waals surface area contributed by atoms with E-state index in [-0.39, 0.29) is 12.5 Å². The highest BCUT2D eigenvalue weighted by Crippen LogP contribution is 2.36. The van der Waals surface area contributed by atoms with Gasteiger partial charge in [-0.1, -0.05) is 49.7 Å². The van der Waals surface area contributed by atoms with E-state index >= 15 is 0 Å². The van der Waals surface area contributed by atoms with Gasteiger partial charge in [0, 0.05) is 17.4 Å². The monoisotopic (exact) mass is 426 g/mol. The van der Waals surface area contributed by atoms with Crippen molar-refractivity contribution in [3.8, 4) is 17.1 Å². The summed E-state index contributed by atoms with van der Waals surface area (Å²) in [5.74, 6) is 1.48. The predicted octanol–water partition coefficient (Wildman–Crippen LogP) is 5.65. The Morgan fingerprint density at radius 2 is 1.91 bits per heavy atom. The topological polar surface area (TPSA) is 83.0 Å². The number of aromatic nitrogens is 4. The number of unbranched alkanes of at least 4 members (excludes halogenated alkanes) is 1. The van der Waals surface area contributed by atoms with Gasteiger partial charge in [0.25, 0.3) is 0 Å². The average Bonchev–Trinajstić information content (AvgIpc) is 3.48. The van der Waals surface area contributed by atoms with Crippen LogP contribution in [-0.2, 0) is 6.73 Å². The summed E-state index contributed by atoms with van der Waals surface area (Å²) in [4.78, 5) is 13.1. The zero-order valence-electron chi connectivity index (χ0n) is 17.7. The van der Waals surface area contributed by atoms with Crippen LogP contribution in [0.1, 0.15) is 36.5 Å². The number of fused-ring (bicyclic) bond motifs is 2. The Balaban J connectivity index is 1.50. The van der Waals surface area contributed by atoms with E-state index in [0.717, 1.165) is 45.9 Å². The summed E-state index contributed by atoms with van der Waals surface area (Å²) in [5, 5.41) is 13.9. The fourth-order valence-electron chi connectivity index (χ4n) is 3.82. The van der Waals surface area contributed by atoms with E-state index in [2.05, 4.69) is 28.5 Å². The first-order valence-electron chi connectivity index (χ1n) is 10.7. The molecule has 0 amide bonds. The largest absolute Gasteiger partial charge is 0.471 e. The van der Waals surface area contributed by atoms with Gasteiger partial charge in [-0.05, 0) is 51.9 Å². The molecule has 32 heavy (non-hydrogen) atoms. The van der Waals surface area contributed by atoms with Gasteiger partial charge in [-0.3, -0.25) is 4.79 Å². The first kappa shape index (κ1) is 19.9.